The van der Waals surface area contributed by atoms with Crippen LogP contribution >= 0.6 is 34.2 Å². The Morgan fingerprint density at radius 1 is 0.667 bits per heavy atom. The van der Waals surface area contributed by atoms with Crippen LogP contribution in [0, 0.1) is 0 Å². The summed E-state index contributed by atoms with van der Waals surface area (Å²) < 4.78 is 5.00. The van der Waals surface area contributed by atoms with Crippen LogP contribution in [0.2, 0.25) is 0 Å². The number of thiophene rings is 1. The molecule has 0 aliphatic heterocycles. The summed E-state index contributed by atoms with van der Waals surface area (Å²) in [6.45, 7) is 0. The van der Waals surface area contributed by atoms with Crippen molar-refractivity contribution in [2.75, 3.05) is 0 Å². The summed E-state index contributed by atoms with van der Waals surface area (Å²) in [4.78, 5) is 0. The average molecular weight is 399 g/mol. The molecule has 0 saturated heterocycles. The molecule has 0 saturated carbocycles. The molecule has 5 rings (SSSR count). The molecule has 0 amide bonds. The third-order valence-electron chi connectivity index (χ3n) is 4.11. The summed E-state index contributed by atoms with van der Waals surface area (Å²) in [5, 5.41) is 5.41. The fourth-order valence-corrected chi connectivity index (χ4v) is 5.08. The van der Waals surface area contributed by atoms with Gasteiger partial charge in [-0.1, -0.05) is 36.4 Å². The number of para-hydroxylation sites is 1. The van der Waals surface area contributed by atoms with Crippen molar-refractivity contribution in [3.05, 3.63) is 60.7 Å². The van der Waals surface area contributed by atoms with E-state index in [0.29, 0.717) is 0 Å². The van der Waals surface area contributed by atoms with Gasteiger partial charge in [0, 0.05) is 30.9 Å². The SMILES string of the molecule is In1c2ccccc2c2cc3c(cc21)sc1ccccc13. The second-order valence-corrected chi connectivity index (χ2v) is 7.31. The lowest BCUT2D eigenvalue weighted by molar-refractivity contribution is 1.50. The zero-order valence-electron chi connectivity index (χ0n) is 11.0. The van der Waals surface area contributed by atoms with Gasteiger partial charge in [-0.3, -0.25) is 2.78 Å². The predicted molar refractivity (Wildman–Crippen MR) is 102 cm³/mol. The molecule has 0 N–H and O–H groups in total. The normalized spacial score (nSPS) is 12.0. The highest BCUT2D eigenvalue weighted by molar-refractivity contribution is 14.1. The maximum atomic E-state index is 2.40. The van der Waals surface area contributed by atoms with E-state index in [4.69, 9.17) is 0 Å². The van der Waals surface area contributed by atoms with Crippen LogP contribution < -0.4 is 0 Å². The summed E-state index contributed by atoms with van der Waals surface area (Å²) in [6, 6.07) is 22.0. The number of fused-ring (bicyclic) bond motifs is 6. The zero-order valence-corrected chi connectivity index (χ0v) is 14.0. The van der Waals surface area contributed by atoms with Crippen LogP contribution in [0.1, 0.15) is 0 Å². The molecule has 0 aliphatic rings. The molecule has 0 atom stereocenters. The Morgan fingerprint density at radius 2 is 1.43 bits per heavy atom. The first kappa shape index (κ1) is 12.0. The van der Waals surface area contributed by atoms with Gasteiger partial charge in [-0.15, -0.1) is 11.3 Å². The van der Waals surface area contributed by atoms with E-state index in [1.807, 2.05) is 11.3 Å². The van der Waals surface area contributed by atoms with Gasteiger partial charge in [0.2, 0.25) is 0 Å². The van der Waals surface area contributed by atoms with Gasteiger partial charge in [-0.25, -0.2) is 0 Å². The van der Waals surface area contributed by atoms with Crippen LogP contribution in [-0.2, 0) is 0 Å². The molecule has 0 bridgehead atoms. The Bertz CT molecular complexity index is 1150. The van der Waals surface area contributed by atoms with E-state index >= 15 is 0 Å². The van der Waals surface area contributed by atoms with Crippen molar-refractivity contribution < 1.29 is 0 Å². The molecule has 100 valence electrons. The molecular formula is C18H10INS. The fraction of sp³-hybridized carbons (Fsp3) is 0. The minimum Gasteiger partial charge on any atom is -0.282 e. The molecule has 2 heterocycles. The summed E-state index contributed by atoms with van der Waals surface area (Å²) in [6.07, 6.45) is 0. The van der Waals surface area contributed by atoms with Crippen LogP contribution in [0.25, 0.3) is 42.0 Å². The molecule has 0 spiro atoms. The molecule has 5 aromatic rings. The van der Waals surface area contributed by atoms with Gasteiger partial charge in [0.05, 0.1) is 33.9 Å². The van der Waals surface area contributed by atoms with Crippen molar-refractivity contribution in [2.24, 2.45) is 0 Å². The minimum absolute atomic E-state index is 1.29. The predicted octanol–water partition coefficient (Wildman–Crippen LogP) is 6.36. The van der Waals surface area contributed by atoms with Gasteiger partial charge in [0.15, 0.2) is 0 Å². The largest absolute Gasteiger partial charge is 0.282 e. The maximum absolute atomic E-state index is 2.40. The summed E-state index contributed by atoms with van der Waals surface area (Å²) >= 11 is 4.28. The van der Waals surface area contributed by atoms with E-state index in [1.165, 1.54) is 42.0 Å². The van der Waals surface area contributed by atoms with Crippen molar-refractivity contribution in [2.45, 2.75) is 0 Å². The third kappa shape index (κ3) is 1.56. The number of benzene rings is 3. The van der Waals surface area contributed by atoms with Crippen LogP contribution in [0.3, 0.4) is 0 Å². The average Bonchev–Trinajstić information content (AvgIpc) is 3.02. The summed E-state index contributed by atoms with van der Waals surface area (Å²) in [5.74, 6) is 0. The lowest BCUT2D eigenvalue weighted by Crippen LogP contribution is -1.76. The smallest absolute Gasteiger partial charge is 0.0646 e. The van der Waals surface area contributed by atoms with Crippen LogP contribution in [-0.4, -0.2) is 2.78 Å². The Labute approximate surface area is 139 Å². The fourth-order valence-electron chi connectivity index (χ4n) is 3.14. The number of halogens is 1. The number of aromatic nitrogens is 1. The van der Waals surface area contributed by atoms with Gasteiger partial charge in [0.1, 0.15) is 0 Å². The standard InChI is InChI=1S/C18H10INS/c19-20-15-7-3-1-5-11(15)13-9-14-12-6-2-4-8-17(12)21-18(14)10-16(13)20/h1-10H. The van der Waals surface area contributed by atoms with Gasteiger partial charge < -0.3 is 0 Å². The van der Waals surface area contributed by atoms with Crippen molar-refractivity contribution in [3.8, 4) is 0 Å². The quantitative estimate of drug-likeness (QED) is 0.267. The van der Waals surface area contributed by atoms with Crippen LogP contribution in [0.15, 0.2) is 60.7 Å². The van der Waals surface area contributed by atoms with Gasteiger partial charge >= 0.3 is 0 Å². The highest BCUT2D eigenvalue weighted by atomic mass is 127. The van der Waals surface area contributed by atoms with Gasteiger partial charge in [-0.2, -0.15) is 0 Å². The van der Waals surface area contributed by atoms with E-state index in [2.05, 4.69) is 86.3 Å². The van der Waals surface area contributed by atoms with Crippen molar-refractivity contribution in [3.63, 3.8) is 0 Å². The number of rotatable bonds is 0. The number of hydrogen-bond donors (Lipinski definition) is 0. The maximum Gasteiger partial charge on any atom is 0.0646 e. The first-order valence-electron chi connectivity index (χ1n) is 6.83. The highest BCUT2D eigenvalue weighted by Crippen LogP contribution is 2.39. The number of nitrogens with zero attached hydrogens (tertiary/aromatic N) is 1. The Kier molecular flexibility index (Phi) is 2.41. The van der Waals surface area contributed by atoms with E-state index in [-0.39, 0.29) is 0 Å². The van der Waals surface area contributed by atoms with Crippen molar-refractivity contribution in [1.29, 1.82) is 0 Å². The first-order chi connectivity index (χ1) is 10.3. The van der Waals surface area contributed by atoms with Crippen LogP contribution in [0.5, 0.6) is 0 Å². The van der Waals surface area contributed by atoms with E-state index in [1.54, 1.807) is 0 Å². The lowest BCUT2D eigenvalue weighted by atomic mass is 10.1. The third-order valence-corrected chi connectivity index (χ3v) is 6.29. The van der Waals surface area contributed by atoms with Crippen molar-refractivity contribution in [1.82, 2.24) is 2.78 Å². The molecule has 0 fully saturated rings. The second kappa shape index (κ2) is 4.21. The van der Waals surface area contributed by atoms with E-state index in [0.717, 1.165) is 0 Å². The highest BCUT2D eigenvalue weighted by Gasteiger charge is 2.12. The molecule has 2 aromatic heterocycles. The zero-order chi connectivity index (χ0) is 14.0. The monoisotopic (exact) mass is 399 g/mol. The second-order valence-electron chi connectivity index (χ2n) is 5.26. The molecule has 0 unspecified atom stereocenters. The minimum atomic E-state index is 1.29. The summed E-state index contributed by atoms with van der Waals surface area (Å²) in [7, 11) is 0. The topological polar surface area (TPSA) is 4.93 Å². The van der Waals surface area contributed by atoms with Crippen LogP contribution in [0.4, 0.5) is 0 Å². The molecular weight excluding hydrogens is 389 g/mol. The van der Waals surface area contributed by atoms with Crippen molar-refractivity contribution >= 4 is 76.2 Å². The van der Waals surface area contributed by atoms with E-state index < -0.39 is 0 Å². The van der Waals surface area contributed by atoms with Gasteiger partial charge in [-0.05, 0) is 24.3 Å². The lowest BCUT2D eigenvalue weighted by Gasteiger charge is -1.96. The molecule has 0 aliphatic carbocycles. The molecule has 0 radical (unpaired) electrons. The Balaban J connectivity index is 2.08. The molecule has 3 heteroatoms. The molecule has 1 nitrogen and oxygen atoms in total. The Hall–Kier alpha value is -1.59. The molecule has 21 heavy (non-hydrogen) atoms. The van der Waals surface area contributed by atoms with E-state index in [9.17, 15) is 0 Å². The molecule has 3 aromatic carbocycles. The summed E-state index contributed by atoms with van der Waals surface area (Å²) in [5.41, 5.74) is 2.59. The first-order valence-corrected chi connectivity index (χ1v) is 8.62. The Morgan fingerprint density at radius 3 is 2.33 bits per heavy atom. The van der Waals surface area contributed by atoms with Gasteiger partial charge in [0.25, 0.3) is 0 Å². The number of hydrogen-bond acceptors (Lipinski definition) is 1.